The summed E-state index contributed by atoms with van der Waals surface area (Å²) in [6.07, 6.45) is 1.57. The zero-order valence-corrected chi connectivity index (χ0v) is 15.0. The minimum atomic E-state index is -3.98. The number of benzene rings is 1. The van der Waals surface area contributed by atoms with Crippen molar-refractivity contribution in [2.75, 3.05) is 12.4 Å². The number of rotatable bonds is 2. The Balaban J connectivity index is 2.03. The van der Waals surface area contributed by atoms with Crippen LogP contribution in [0.1, 0.15) is 15.2 Å². The second-order valence-electron chi connectivity index (χ2n) is 5.19. The molecular weight excluding hydrogens is 374 g/mol. The zero-order valence-electron chi connectivity index (χ0n) is 12.6. The molecule has 0 fully saturated rings. The summed E-state index contributed by atoms with van der Waals surface area (Å²) in [6, 6.07) is 2.40. The smallest absolute Gasteiger partial charge is 0.252 e. The van der Waals surface area contributed by atoms with Gasteiger partial charge in [-0.3, -0.25) is 9.59 Å². The second kappa shape index (κ2) is 5.92. The van der Waals surface area contributed by atoms with Gasteiger partial charge in [-0.2, -0.15) is 4.31 Å². The number of likely N-dealkylation sites (N-methyl/N-ethyl adjacent to an activating group) is 1. The van der Waals surface area contributed by atoms with E-state index in [0.29, 0.717) is 5.13 Å². The molecule has 0 spiro atoms. The molecule has 0 radical (unpaired) electrons. The Morgan fingerprint density at radius 1 is 1.42 bits per heavy atom. The van der Waals surface area contributed by atoms with Crippen molar-refractivity contribution in [3.05, 3.63) is 39.9 Å². The minimum Gasteiger partial charge on any atom is -0.300 e. The first kappa shape index (κ1) is 17.0. The average molecular weight is 386 g/mol. The van der Waals surface area contributed by atoms with Crippen LogP contribution in [0.2, 0.25) is 5.02 Å². The van der Waals surface area contributed by atoms with Crippen LogP contribution in [0.3, 0.4) is 0 Å². The van der Waals surface area contributed by atoms with E-state index in [4.69, 9.17) is 11.6 Å². The van der Waals surface area contributed by atoms with Gasteiger partial charge in [0.1, 0.15) is 0 Å². The molecule has 1 unspecified atom stereocenters. The molecule has 1 aliphatic heterocycles. The summed E-state index contributed by atoms with van der Waals surface area (Å²) in [7, 11) is -2.78. The number of hydrogen-bond acceptors (Lipinski definition) is 6. The van der Waals surface area contributed by atoms with Crippen molar-refractivity contribution in [2.45, 2.75) is 17.9 Å². The number of Topliss-reactive ketones (excluding diaryl/α,β-unsaturated/α-hetero) is 1. The van der Waals surface area contributed by atoms with E-state index in [1.165, 1.54) is 36.6 Å². The largest absolute Gasteiger partial charge is 0.300 e. The van der Waals surface area contributed by atoms with Crippen molar-refractivity contribution >= 4 is 49.8 Å². The molecule has 3 rings (SSSR count). The predicted octanol–water partition coefficient (Wildman–Crippen LogP) is 1.93. The van der Waals surface area contributed by atoms with E-state index in [-0.39, 0.29) is 15.5 Å². The number of carbonyl (C=O) groups is 2. The van der Waals surface area contributed by atoms with Gasteiger partial charge in [0.2, 0.25) is 10.0 Å². The number of halogens is 1. The maximum atomic E-state index is 12.7. The molecule has 0 aliphatic carbocycles. The van der Waals surface area contributed by atoms with E-state index in [0.717, 1.165) is 9.18 Å². The summed E-state index contributed by atoms with van der Waals surface area (Å²) in [4.78, 5) is 29.8. The molecule has 2 heterocycles. The van der Waals surface area contributed by atoms with Gasteiger partial charge in [-0.05, 0) is 25.1 Å². The molecule has 7 nitrogen and oxygen atoms in total. The van der Waals surface area contributed by atoms with Crippen LogP contribution < -0.4 is 5.32 Å². The number of aromatic nitrogens is 1. The lowest BCUT2D eigenvalue weighted by Gasteiger charge is -2.30. The fraction of sp³-hybridized carbons (Fsp3) is 0.214. The van der Waals surface area contributed by atoms with Crippen LogP contribution in [0, 0.1) is 6.92 Å². The summed E-state index contributed by atoms with van der Waals surface area (Å²) >= 11 is 7.09. The molecule has 126 valence electrons. The number of nitrogens with zero attached hydrogens (tertiary/aromatic N) is 2. The van der Waals surface area contributed by atoms with Crippen LogP contribution in [-0.2, 0) is 14.8 Å². The number of amides is 1. The summed E-state index contributed by atoms with van der Waals surface area (Å²) in [5.74, 6) is -1.39. The summed E-state index contributed by atoms with van der Waals surface area (Å²) in [6.45, 7) is 1.81. The van der Waals surface area contributed by atoms with Gasteiger partial charge in [-0.1, -0.05) is 11.6 Å². The molecule has 1 amide bonds. The third kappa shape index (κ3) is 2.73. The van der Waals surface area contributed by atoms with Gasteiger partial charge in [0.15, 0.2) is 17.0 Å². The topological polar surface area (TPSA) is 96.4 Å². The maximum absolute atomic E-state index is 12.7. The van der Waals surface area contributed by atoms with Crippen molar-refractivity contribution < 1.29 is 18.0 Å². The van der Waals surface area contributed by atoms with Crippen LogP contribution in [-0.4, -0.2) is 42.5 Å². The molecule has 0 saturated carbocycles. The second-order valence-corrected chi connectivity index (χ2v) is 8.83. The fourth-order valence-corrected chi connectivity index (χ4v) is 4.69. The number of fused-ring (bicyclic) bond motifs is 1. The normalized spacial score (nSPS) is 19.8. The SMILES string of the molecule is Cc1cnc(NC(=O)C2C(=O)c3cc(Cl)ccc3S(=O)(=O)N2C)s1. The first-order valence-corrected chi connectivity index (χ1v) is 9.40. The maximum Gasteiger partial charge on any atom is 0.252 e. The van der Waals surface area contributed by atoms with Crippen LogP contribution >= 0.6 is 22.9 Å². The average Bonchev–Trinajstić information content (AvgIpc) is 2.90. The van der Waals surface area contributed by atoms with E-state index in [1.807, 2.05) is 6.92 Å². The highest BCUT2D eigenvalue weighted by Crippen LogP contribution is 2.31. The number of sulfonamides is 1. The highest BCUT2D eigenvalue weighted by Gasteiger charge is 2.45. The van der Waals surface area contributed by atoms with Crippen LogP contribution in [0.25, 0.3) is 0 Å². The number of nitrogens with one attached hydrogen (secondary N) is 1. The lowest BCUT2D eigenvalue weighted by atomic mass is 10.0. The zero-order chi connectivity index (χ0) is 17.6. The van der Waals surface area contributed by atoms with Crippen molar-refractivity contribution in [2.24, 2.45) is 0 Å². The third-order valence-corrected chi connectivity index (χ3v) is 6.52. The van der Waals surface area contributed by atoms with Crippen LogP contribution in [0.5, 0.6) is 0 Å². The number of carbonyl (C=O) groups excluding carboxylic acids is 2. The van der Waals surface area contributed by atoms with E-state index in [2.05, 4.69) is 10.3 Å². The minimum absolute atomic E-state index is 0.0870. The number of thiazole rings is 1. The van der Waals surface area contributed by atoms with E-state index >= 15 is 0 Å². The van der Waals surface area contributed by atoms with Crippen LogP contribution in [0.4, 0.5) is 5.13 Å². The lowest BCUT2D eigenvalue weighted by Crippen LogP contribution is -2.53. The van der Waals surface area contributed by atoms with E-state index < -0.39 is 27.8 Å². The Hall–Kier alpha value is -1.81. The fourth-order valence-electron chi connectivity index (χ4n) is 2.40. The Morgan fingerprint density at radius 3 is 2.75 bits per heavy atom. The first-order chi connectivity index (χ1) is 11.2. The molecule has 1 aliphatic rings. The van der Waals surface area contributed by atoms with Crippen molar-refractivity contribution in [3.8, 4) is 0 Å². The lowest BCUT2D eigenvalue weighted by molar-refractivity contribution is -0.118. The third-order valence-electron chi connectivity index (χ3n) is 3.58. The van der Waals surface area contributed by atoms with Gasteiger partial charge in [0, 0.05) is 28.7 Å². The highest BCUT2D eigenvalue weighted by molar-refractivity contribution is 7.89. The molecular formula is C14H12ClN3O4S2. The molecule has 0 bridgehead atoms. The van der Waals surface area contributed by atoms with Gasteiger partial charge >= 0.3 is 0 Å². The molecule has 0 saturated heterocycles. The summed E-state index contributed by atoms with van der Waals surface area (Å²) in [5.41, 5.74) is -0.0870. The quantitative estimate of drug-likeness (QED) is 0.797. The molecule has 1 atom stereocenters. The van der Waals surface area contributed by atoms with Crippen molar-refractivity contribution in [3.63, 3.8) is 0 Å². The van der Waals surface area contributed by atoms with Crippen molar-refractivity contribution in [1.29, 1.82) is 0 Å². The summed E-state index contributed by atoms with van der Waals surface area (Å²) < 4.78 is 25.9. The molecule has 1 aromatic heterocycles. The molecule has 2 aromatic rings. The first-order valence-electron chi connectivity index (χ1n) is 6.77. The molecule has 10 heteroatoms. The molecule has 1 N–H and O–H groups in total. The Kier molecular flexibility index (Phi) is 4.20. The Labute approximate surface area is 147 Å². The van der Waals surface area contributed by atoms with Crippen molar-refractivity contribution in [1.82, 2.24) is 9.29 Å². The van der Waals surface area contributed by atoms with Gasteiger partial charge < -0.3 is 5.32 Å². The monoisotopic (exact) mass is 385 g/mol. The molecule has 24 heavy (non-hydrogen) atoms. The number of aryl methyl sites for hydroxylation is 1. The van der Waals surface area contributed by atoms with E-state index in [1.54, 1.807) is 6.20 Å². The number of ketones is 1. The van der Waals surface area contributed by atoms with Gasteiger partial charge in [-0.15, -0.1) is 11.3 Å². The highest BCUT2D eigenvalue weighted by atomic mass is 35.5. The van der Waals surface area contributed by atoms with Gasteiger partial charge in [0.25, 0.3) is 5.91 Å². The van der Waals surface area contributed by atoms with Gasteiger partial charge in [-0.25, -0.2) is 13.4 Å². The Morgan fingerprint density at radius 2 is 2.12 bits per heavy atom. The summed E-state index contributed by atoms with van der Waals surface area (Å²) in [5, 5.41) is 3.00. The van der Waals surface area contributed by atoms with Gasteiger partial charge in [0.05, 0.1) is 4.90 Å². The standard InChI is InChI=1S/C14H12ClN3O4S2/c1-7-6-16-14(23-7)17-13(20)11-12(19)9-5-8(15)3-4-10(9)24(21,22)18(11)2/h3-6,11H,1-2H3,(H,16,17,20). The Bertz CT molecular complexity index is 955. The van der Waals surface area contributed by atoms with E-state index in [9.17, 15) is 18.0 Å². The number of hydrogen-bond donors (Lipinski definition) is 1. The number of anilines is 1. The van der Waals surface area contributed by atoms with Crippen LogP contribution in [0.15, 0.2) is 29.3 Å². The predicted molar refractivity (Wildman–Crippen MR) is 90.0 cm³/mol. The molecule has 1 aromatic carbocycles.